The Morgan fingerprint density at radius 1 is 1.26 bits per heavy atom. The zero-order valence-corrected chi connectivity index (χ0v) is 13.6. The van der Waals surface area contributed by atoms with E-state index in [9.17, 15) is 15.0 Å². The molecule has 0 fully saturated rings. The van der Waals surface area contributed by atoms with Crippen molar-refractivity contribution >= 4 is 35.2 Å². The molecule has 7 heteroatoms. The molecule has 23 heavy (non-hydrogen) atoms. The van der Waals surface area contributed by atoms with Crippen LogP contribution in [-0.4, -0.2) is 35.9 Å². The third kappa shape index (κ3) is 4.15. The van der Waals surface area contributed by atoms with Crippen molar-refractivity contribution in [2.75, 3.05) is 13.7 Å². The van der Waals surface area contributed by atoms with Crippen molar-refractivity contribution in [1.29, 1.82) is 0 Å². The predicted molar refractivity (Wildman–Crippen MR) is 89.6 cm³/mol. The molecule has 2 aromatic carbocycles. The number of carbonyl (C=O) groups excluding carboxylic acids is 1. The standard InChI is InChI=1S/C16H13Cl2NO4/c1-23-15-3-2-9(5-13(15)20)14(21)8-19-7-10-4-11(17)6-12(18)16(10)22/h2-7,20,22H,8H2,1H3. The number of phenolic OH excluding ortho intramolecular Hbond substituents is 2. The van der Waals surface area contributed by atoms with Crippen LogP contribution >= 0.6 is 23.2 Å². The maximum atomic E-state index is 12.0. The average Bonchev–Trinajstić information content (AvgIpc) is 2.51. The Morgan fingerprint density at radius 3 is 2.65 bits per heavy atom. The summed E-state index contributed by atoms with van der Waals surface area (Å²) in [5.41, 5.74) is 0.613. The third-order valence-corrected chi connectivity index (χ3v) is 3.53. The molecule has 0 amide bonds. The van der Waals surface area contributed by atoms with Gasteiger partial charge in [0.15, 0.2) is 17.3 Å². The van der Waals surface area contributed by atoms with Crippen LogP contribution in [0.2, 0.25) is 10.0 Å². The zero-order valence-electron chi connectivity index (χ0n) is 12.1. The number of aliphatic imine (C=N–C) groups is 1. The molecule has 0 spiro atoms. The molecule has 0 radical (unpaired) electrons. The molecule has 2 N–H and O–H groups in total. The quantitative estimate of drug-likeness (QED) is 0.634. The lowest BCUT2D eigenvalue weighted by Gasteiger charge is -2.05. The van der Waals surface area contributed by atoms with Gasteiger partial charge < -0.3 is 14.9 Å². The molecule has 0 saturated heterocycles. The molecule has 120 valence electrons. The van der Waals surface area contributed by atoms with Crippen LogP contribution in [0.1, 0.15) is 15.9 Å². The van der Waals surface area contributed by atoms with E-state index in [-0.39, 0.29) is 34.6 Å². The third-order valence-electron chi connectivity index (χ3n) is 3.02. The van der Waals surface area contributed by atoms with Crippen LogP contribution in [0.15, 0.2) is 35.3 Å². The Morgan fingerprint density at radius 2 is 2.00 bits per heavy atom. The normalized spacial score (nSPS) is 10.9. The van der Waals surface area contributed by atoms with Crippen LogP contribution in [0, 0.1) is 0 Å². The van der Waals surface area contributed by atoms with Gasteiger partial charge in [-0.25, -0.2) is 0 Å². The van der Waals surface area contributed by atoms with Crippen molar-refractivity contribution in [2.24, 2.45) is 4.99 Å². The van der Waals surface area contributed by atoms with Gasteiger partial charge in [0.05, 0.1) is 12.1 Å². The summed E-state index contributed by atoms with van der Waals surface area (Å²) in [5.74, 6) is -0.300. The molecular formula is C16H13Cl2NO4. The van der Waals surface area contributed by atoms with Gasteiger partial charge in [0, 0.05) is 22.4 Å². The van der Waals surface area contributed by atoms with Gasteiger partial charge in [0.1, 0.15) is 12.3 Å². The monoisotopic (exact) mass is 353 g/mol. The molecule has 0 aliphatic rings. The molecule has 0 bridgehead atoms. The second-order valence-corrected chi connectivity index (χ2v) is 5.45. The molecule has 2 aromatic rings. The second-order valence-electron chi connectivity index (χ2n) is 4.61. The number of carbonyl (C=O) groups is 1. The summed E-state index contributed by atoms with van der Waals surface area (Å²) in [4.78, 5) is 16.0. The smallest absolute Gasteiger partial charge is 0.184 e. The minimum absolute atomic E-state index is 0.102. The van der Waals surface area contributed by atoms with Gasteiger partial charge in [-0.15, -0.1) is 0 Å². The maximum Gasteiger partial charge on any atom is 0.184 e. The first-order valence-corrected chi connectivity index (χ1v) is 7.26. The molecule has 0 aliphatic heterocycles. The predicted octanol–water partition coefficient (Wildman–Crippen LogP) is 3.72. The van der Waals surface area contributed by atoms with Crippen LogP contribution in [0.3, 0.4) is 0 Å². The number of halogens is 2. The topological polar surface area (TPSA) is 79.1 Å². The molecular weight excluding hydrogens is 341 g/mol. The summed E-state index contributed by atoms with van der Waals surface area (Å²) in [6, 6.07) is 7.22. The van der Waals surface area contributed by atoms with E-state index in [1.165, 1.54) is 43.7 Å². The van der Waals surface area contributed by atoms with Gasteiger partial charge in [-0.2, -0.15) is 0 Å². The largest absolute Gasteiger partial charge is 0.506 e. The molecule has 0 aromatic heterocycles. The maximum absolute atomic E-state index is 12.0. The molecule has 0 unspecified atom stereocenters. The first-order valence-electron chi connectivity index (χ1n) is 6.50. The number of methoxy groups -OCH3 is 1. The van der Waals surface area contributed by atoms with Crippen LogP contribution in [0.4, 0.5) is 0 Å². The minimum Gasteiger partial charge on any atom is -0.506 e. The van der Waals surface area contributed by atoms with Crippen LogP contribution in [-0.2, 0) is 0 Å². The number of rotatable bonds is 5. The molecule has 0 saturated carbocycles. The summed E-state index contributed by atoms with van der Waals surface area (Å²) in [5, 5.41) is 19.9. The fourth-order valence-corrected chi connectivity index (χ4v) is 2.38. The zero-order chi connectivity index (χ0) is 17.0. The number of hydrogen-bond acceptors (Lipinski definition) is 5. The van der Waals surface area contributed by atoms with E-state index in [0.717, 1.165) is 0 Å². The molecule has 0 aliphatic carbocycles. The first-order chi connectivity index (χ1) is 10.9. The number of ketones is 1. The van der Waals surface area contributed by atoms with Crippen molar-refractivity contribution in [2.45, 2.75) is 0 Å². The summed E-state index contributed by atoms with van der Waals surface area (Å²) < 4.78 is 4.91. The lowest BCUT2D eigenvalue weighted by Crippen LogP contribution is -2.03. The van der Waals surface area contributed by atoms with Gasteiger partial charge in [-0.3, -0.25) is 9.79 Å². The summed E-state index contributed by atoms with van der Waals surface area (Å²) >= 11 is 11.6. The van der Waals surface area contributed by atoms with E-state index in [2.05, 4.69) is 4.99 Å². The average molecular weight is 354 g/mol. The minimum atomic E-state index is -0.299. The number of Topliss-reactive ketones (excluding diaryl/α,β-unsaturated/α-hetero) is 1. The number of aromatic hydroxyl groups is 2. The van der Waals surface area contributed by atoms with E-state index in [4.69, 9.17) is 27.9 Å². The highest BCUT2D eigenvalue weighted by Crippen LogP contribution is 2.30. The van der Waals surface area contributed by atoms with Crippen LogP contribution < -0.4 is 4.74 Å². The van der Waals surface area contributed by atoms with E-state index >= 15 is 0 Å². The Hall–Kier alpha value is -2.24. The summed E-state index contributed by atoms with van der Waals surface area (Å²) in [7, 11) is 1.42. The Balaban J connectivity index is 2.11. The van der Waals surface area contributed by atoms with E-state index < -0.39 is 0 Å². The lowest BCUT2D eigenvalue weighted by atomic mass is 10.1. The first kappa shape index (κ1) is 17.1. The van der Waals surface area contributed by atoms with Gasteiger partial charge in [-0.05, 0) is 30.3 Å². The summed E-state index contributed by atoms with van der Waals surface area (Å²) in [6.45, 7) is -0.157. The van der Waals surface area contributed by atoms with Gasteiger partial charge in [0.2, 0.25) is 0 Å². The Labute approximate surface area is 142 Å². The van der Waals surface area contributed by atoms with Crippen molar-refractivity contribution < 1.29 is 19.7 Å². The SMILES string of the molecule is COc1ccc(C(=O)CN=Cc2cc(Cl)cc(Cl)c2O)cc1O. The van der Waals surface area contributed by atoms with Crippen LogP contribution in [0.25, 0.3) is 0 Å². The number of benzene rings is 2. The Kier molecular flexibility index (Phi) is 5.47. The molecule has 2 rings (SSSR count). The van der Waals surface area contributed by atoms with Gasteiger partial charge in [0.25, 0.3) is 0 Å². The van der Waals surface area contributed by atoms with Crippen LogP contribution in [0.5, 0.6) is 17.2 Å². The fraction of sp³-hybridized carbons (Fsp3) is 0.125. The second kappa shape index (κ2) is 7.35. The fourth-order valence-electron chi connectivity index (χ4n) is 1.87. The Bertz CT molecular complexity index is 775. The number of ether oxygens (including phenoxy) is 1. The molecule has 5 nitrogen and oxygen atoms in total. The summed E-state index contributed by atoms with van der Waals surface area (Å²) in [6.07, 6.45) is 1.31. The highest BCUT2D eigenvalue weighted by atomic mass is 35.5. The van der Waals surface area contributed by atoms with Crippen molar-refractivity contribution in [3.63, 3.8) is 0 Å². The van der Waals surface area contributed by atoms with E-state index in [1.807, 2.05) is 0 Å². The highest BCUT2D eigenvalue weighted by Gasteiger charge is 2.10. The van der Waals surface area contributed by atoms with Crippen molar-refractivity contribution in [3.05, 3.63) is 51.5 Å². The number of hydrogen-bond donors (Lipinski definition) is 2. The molecule has 0 atom stereocenters. The van der Waals surface area contributed by atoms with E-state index in [1.54, 1.807) is 0 Å². The number of nitrogens with zero attached hydrogens (tertiary/aromatic N) is 1. The van der Waals surface area contributed by atoms with Crippen molar-refractivity contribution in [3.8, 4) is 17.2 Å². The van der Waals surface area contributed by atoms with Gasteiger partial charge in [-0.1, -0.05) is 23.2 Å². The molecule has 0 heterocycles. The van der Waals surface area contributed by atoms with Gasteiger partial charge >= 0.3 is 0 Å². The van der Waals surface area contributed by atoms with Crippen molar-refractivity contribution in [1.82, 2.24) is 0 Å². The lowest BCUT2D eigenvalue weighted by molar-refractivity contribution is 0.100. The van der Waals surface area contributed by atoms with E-state index in [0.29, 0.717) is 16.1 Å². The highest BCUT2D eigenvalue weighted by molar-refractivity contribution is 6.36. The number of phenols is 2.